The van der Waals surface area contributed by atoms with E-state index in [1.165, 1.54) is 17.5 Å². The number of carbonyl (C=O) groups is 1. The number of hydrogen-bond acceptors (Lipinski definition) is 2. The van der Waals surface area contributed by atoms with Gasteiger partial charge in [0.2, 0.25) is 0 Å². The minimum Gasteiger partial charge on any atom is -0.350 e. The van der Waals surface area contributed by atoms with Gasteiger partial charge in [-0.3, -0.25) is 4.79 Å². The minimum atomic E-state index is -0.00564. The molecule has 0 bridgehead atoms. The first kappa shape index (κ1) is 14.1. The van der Waals surface area contributed by atoms with Crippen LogP contribution in [0.2, 0.25) is 0 Å². The van der Waals surface area contributed by atoms with E-state index in [2.05, 4.69) is 25.2 Å². The Morgan fingerprint density at radius 1 is 1.32 bits per heavy atom. The second kappa shape index (κ2) is 6.20. The van der Waals surface area contributed by atoms with Gasteiger partial charge in [-0.15, -0.1) is 0 Å². The summed E-state index contributed by atoms with van der Waals surface area (Å²) in [7, 11) is 0. The molecule has 0 spiro atoms. The zero-order valence-corrected chi connectivity index (χ0v) is 11.9. The van der Waals surface area contributed by atoms with Crippen LogP contribution in [0.3, 0.4) is 0 Å². The van der Waals surface area contributed by atoms with Gasteiger partial charge in [-0.25, -0.2) is 0 Å². The van der Waals surface area contributed by atoms with Crippen molar-refractivity contribution >= 4 is 5.91 Å². The van der Waals surface area contributed by atoms with Crippen LogP contribution in [0.5, 0.6) is 0 Å². The van der Waals surface area contributed by atoms with Crippen LogP contribution in [0.25, 0.3) is 0 Å². The van der Waals surface area contributed by atoms with Crippen LogP contribution in [0.1, 0.15) is 48.2 Å². The van der Waals surface area contributed by atoms with Crippen molar-refractivity contribution in [3.8, 4) is 0 Å². The Morgan fingerprint density at radius 2 is 2.05 bits per heavy atom. The maximum Gasteiger partial charge on any atom is 0.251 e. The number of fused-ring (bicyclic) bond motifs is 1. The molecule has 0 heterocycles. The molecule has 0 radical (unpaired) electrons. The topological polar surface area (TPSA) is 55.1 Å². The minimum absolute atomic E-state index is 0.00564. The molecule has 0 saturated carbocycles. The molecule has 0 fully saturated rings. The SMILES string of the molecule is CC(C)CC(N)CNC(=O)c1ccc2c(c1)CCC2. The number of carbonyl (C=O) groups excluding carboxylic acids is 1. The molecule has 1 aliphatic rings. The predicted molar refractivity (Wildman–Crippen MR) is 78.2 cm³/mol. The van der Waals surface area contributed by atoms with Crippen molar-refractivity contribution in [2.45, 2.75) is 45.6 Å². The van der Waals surface area contributed by atoms with Gasteiger partial charge in [0.25, 0.3) is 5.91 Å². The average molecular weight is 260 g/mol. The van der Waals surface area contributed by atoms with E-state index in [1.807, 2.05) is 12.1 Å². The molecule has 2 rings (SSSR count). The molecule has 19 heavy (non-hydrogen) atoms. The molecule has 1 atom stereocenters. The van der Waals surface area contributed by atoms with E-state index < -0.39 is 0 Å². The van der Waals surface area contributed by atoms with Crippen LogP contribution in [-0.4, -0.2) is 18.5 Å². The zero-order chi connectivity index (χ0) is 13.8. The van der Waals surface area contributed by atoms with Crippen molar-refractivity contribution in [2.24, 2.45) is 11.7 Å². The Balaban J connectivity index is 1.90. The molecule has 0 saturated heterocycles. The molecule has 1 aliphatic carbocycles. The number of nitrogens with two attached hydrogens (primary N) is 1. The van der Waals surface area contributed by atoms with Crippen LogP contribution in [0.15, 0.2) is 18.2 Å². The van der Waals surface area contributed by atoms with E-state index in [0.29, 0.717) is 12.5 Å². The number of hydrogen-bond donors (Lipinski definition) is 2. The second-order valence-electron chi connectivity index (χ2n) is 5.94. The Bertz CT molecular complexity index is 454. The molecule has 1 aromatic rings. The first-order chi connectivity index (χ1) is 9.06. The Hall–Kier alpha value is -1.35. The number of aryl methyl sites for hydroxylation is 2. The molecule has 3 N–H and O–H groups in total. The summed E-state index contributed by atoms with van der Waals surface area (Å²) in [4.78, 5) is 12.1. The van der Waals surface area contributed by atoms with E-state index in [-0.39, 0.29) is 11.9 Å². The average Bonchev–Trinajstić information content (AvgIpc) is 2.82. The van der Waals surface area contributed by atoms with Gasteiger partial charge < -0.3 is 11.1 Å². The van der Waals surface area contributed by atoms with Crippen molar-refractivity contribution in [1.82, 2.24) is 5.32 Å². The summed E-state index contributed by atoms with van der Waals surface area (Å²) in [6.07, 6.45) is 4.39. The van der Waals surface area contributed by atoms with E-state index in [0.717, 1.165) is 24.8 Å². The molecule has 0 aliphatic heterocycles. The highest BCUT2D eigenvalue weighted by molar-refractivity contribution is 5.94. The summed E-state index contributed by atoms with van der Waals surface area (Å²) in [6.45, 7) is 4.83. The summed E-state index contributed by atoms with van der Waals surface area (Å²) >= 11 is 0. The summed E-state index contributed by atoms with van der Waals surface area (Å²) in [5.41, 5.74) is 9.47. The van der Waals surface area contributed by atoms with Crippen LogP contribution in [0.4, 0.5) is 0 Å². The molecule has 0 aromatic heterocycles. The lowest BCUT2D eigenvalue weighted by Gasteiger charge is -2.15. The summed E-state index contributed by atoms with van der Waals surface area (Å²) in [5, 5.41) is 2.93. The van der Waals surface area contributed by atoms with Gasteiger partial charge in [-0.2, -0.15) is 0 Å². The maximum absolute atomic E-state index is 12.1. The standard InChI is InChI=1S/C16H24N2O/c1-11(2)8-15(17)10-18-16(19)14-7-6-12-4-3-5-13(12)9-14/h6-7,9,11,15H,3-5,8,10,17H2,1-2H3,(H,18,19). The van der Waals surface area contributed by atoms with Gasteiger partial charge in [-0.1, -0.05) is 19.9 Å². The predicted octanol–water partition coefficient (Wildman–Crippen LogP) is 2.28. The first-order valence-electron chi connectivity index (χ1n) is 7.22. The summed E-state index contributed by atoms with van der Waals surface area (Å²) in [6, 6.07) is 6.09. The van der Waals surface area contributed by atoms with Gasteiger partial charge in [0.05, 0.1) is 0 Å². The van der Waals surface area contributed by atoms with Gasteiger partial charge in [0, 0.05) is 18.2 Å². The van der Waals surface area contributed by atoms with E-state index in [9.17, 15) is 4.79 Å². The fraction of sp³-hybridized carbons (Fsp3) is 0.562. The third kappa shape index (κ3) is 3.80. The molecular formula is C16H24N2O. The van der Waals surface area contributed by atoms with Gasteiger partial charge >= 0.3 is 0 Å². The Kier molecular flexibility index (Phi) is 4.59. The lowest BCUT2D eigenvalue weighted by atomic mass is 10.0. The lowest BCUT2D eigenvalue weighted by molar-refractivity contribution is 0.0950. The third-order valence-corrected chi connectivity index (χ3v) is 3.66. The van der Waals surface area contributed by atoms with Crippen molar-refractivity contribution < 1.29 is 4.79 Å². The maximum atomic E-state index is 12.1. The smallest absolute Gasteiger partial charge is 0.251 e. The molecule has 1 aromatic carbocycles. The quantitative estimate of drug-likeness (QED) is 0.853. The van der Waals surface area contributed by atoms with Gasteiger partial charge in [0.1, 0.15) is 0 Å². The van der Waals surface area contributed by atoms with Crippen molar-refractivity contribution in [3.05, 3.63) is 34.9 Å². The monoisotopic (exact) mass is 260 g/mol. The number of benzene rings is 1. The Labute approximate surface area is 115 Å². The molecule has 1 amide bonds. The zero-order valence-electron chi connectivity index (χ0n) is 11.9. The molecule has 1 unspecified atom stereocenters. The van der Waals surface area contributed by atoms with Crippen molar-refractivity contribution in [3.63, 3.8) is 0 Å². The van der Waals surface area contributed by atoms with Crippen LogP contribution in [-0.2, 0) is 12.8 Å². The second-order valence-corrected chi connectivity index (χ2v) is 5.94. The van der Waals surface area contributed by atoms with E-state index in [1.54, 1.807) is 0 Å². The molecule has 104 valence electrons. The van der Waals surface area contributed by atoms with Crippen LogP contribution < -0.4 is 11.1 Å². The van der Waals surface area contributed by atoms with Gasteiger partial charge in [-0.05, 0) is 54.9 Å². The summed E-state index contributed by atoms with van der Waals surface area (Å²) in [5.74, 6) is 0.556. The van der Waals surface area contributed by atoms with Gasteiger partial charge in [0.15, 0.2) is 0 Å². The molecular weight excluding hydrogens is 236 g/mol. The fourth-order valence-corrected chi connectivity index (χ4v) is 2.73. The van der Waals surface area contributed by atoms with E-state index in [4.69, 9.17) is 5.73 Å². The lowest BCUT2D eigenvalue weighted by Crippen LogP contribution is -2.38. The molecule has 3 heteroatoms. The number of rotatable bonds is 5. The number of amides is 1. The fourth-order valence-electron chi connectivity index (χ4n) is 2.73. The van der Waals surface area contributed by atoms with Crippen molar-refractivity contribution in [1.29, 1.82) is 0 Å². The molecule has 3 nitrogen and oxygen atoms in total. The highest BCUT2D eigenvalue weighted by Gasteiger charge is 2.14. The Morgan fingerprint density at radius 3 is 2.79 bits per heavy atom. The highest BCUT2D eigenvalue weighted by Crippen LogP contribution is 2.22. The first-order valence-corrected chi connectivity index (χ1v) is 7.22. The highest BCUT2D eigenvalue weighted by atomic mass is 16.1. The van der Waals surface area contributed by atoms with Crippen LogP contribution >= 0.6 is 0 Å². The summed E-state index contributed by atoms with van der Waals surface area (Å²) < 4.78 is 0. The van der Waals surface area contributed by atoms with Crippen molar-refractivity contribution in [2.75, 3.05) is 6.54 Å². The third-order valence-electron chi connectivity index (χ3n) is 3.66. The largest absolute Gasteiger partial charge is 0.350 e. The van der Waals surface area contributed by atoms with Crippen LogP contribution in [0, 0.1) is 5.92 Å². The van der Waals surface area contributed by atoms with E-state index >= 15 is 0 Å². The normalized spacial score (nSPS) is 15.4. The number of nitrogens with one attached hydrogen (secondary N) is 1.